The van der Waals surface area contributed by atoms with Gasteiger partial charge in [0.25, 0.3) is 0 Å². The first kappa shape index (κ1) is 104. The van der Waals surface area contributed by atoms with Crippen molar-refractivity contribution in [3.63, 3.8) is 0 Å². The molecular weight excluding hydrogens is 1630 g/mol. The lowest BCUT2D eigenvalue weighted by atomic mass is 9.99. The van der Waals surface area contributed by atoms with Crippen molar-refractivity contribution in [2.45, 2.75) is 222 Å². The lowest BCUT2D eigenvalue weighted by molar-refractivity contribution is -0.145. The fourth-order valence-corrected chi connectivity index (χ4v) is 12.6. The van der Waals surface area contributed by atoms with Crippen LogP contribution < -0.4 is 114 Å². The second kappa shape index (κ2) is 53.1. The Labute approximate surface area is 712 Å². The third-order valence-corrected chi connectivity index (χ3v) is 19.4. The number of aromatic amines is 1. The molecule has 0 aliphatic heterocycles. The van der Waals surface area contributed by atoms with Gasteiger partial charge in [-0.05, 0) is 106 Å². The number of aliphatic carboxylic acids is 2. The number of amides is 16. The minimum atomic E-state index is -2.11. The average Bonchev–Trinajstić information content (AvgIpc) is 1.69. The van der Waals surface area contributed by atoms with Crippen LogP contribution >= 0.6 is 11.8 Å². The predicted molar refractivity (Wildman–Crippen MR) is 446 cm³/mol. The van der Waals surface area contributed by atoms with E-state index in [2.05, 4.69) is 79.4 Å². The summed E-state index contributed by atoms with van der Waals surface area (Å²) in [4.78, 5) is 250. The van der Waals surface area contributed by atoms with E-state index in [4.69, 9.17) is 45.2 Å². The van der Waals surface area contributed by atoms with Gasteiger partial charge >= 0.3 is 11.9 Å². The molecule has 0 fully saturated rings. The summed E-state index contributed by atoms with van der Waals surface area (Å²) in [5.74, 6) is -22.5. The monoisotopic (exact) mass is 1750 g/mol. The fraction of sp³-hybridized carbons (Fsp3) is 0.553. The van der Waals surface area contributed by atoms with E-state index in [1.807, 2.05) is 5.32 Å². The van der Waals surface area contributed by atoms with Gasteiger partial charge in [-0.25, -0.2) is 4.79 Å². The summed E-state index contributed by atoms with van der Waals surface area (Å²) in [5, 5.41) is 91.5. The molecule has 123 heavy (non-hydrogen) atoms. The number of hydrogen-bond acceptors (Lipinski definition) is 24. The first-order valence-corrected chi connectivity index (χ1v) is 40.8. The average molecular weight is 1750 g/mol. The van der Waals surface area contributed by atoms with E-state index >= 15 is 4.79 Å². The largest absolute Gasteiger partial charge is 0.481 e. The number of carbonyl (C=O) groups is 18. The Kier molecular flexibility index (Phi) is 45.1. The topological polar surface area (TPSA) is 788 Å². The zero-order valence-corrected chi connectivity index (χ0v) is 70.1. The molecule has 0 bridgehead atoms. The van der Waals surface area contributed by atoms with Crippen molar-refractivity contribution in [1.82, 2.24) is 84.7 Å². The molecule has 16 amide bonds. The van der Waals surface area contributed by atoms with Gasteiger partial charge in [0.15, 0.2) is 18.0 Å². The maximum atomic E-state index is 15.0. The molecule has 15 atom stereocenters. The molecule has 3 aromatic rings. The molecule has 34 N–H and O–H groups in total. The van der Waals surface area contributed by atoms with E-state index in [0.29, 0.717) is 22.0 Å². The van der Waals surface area contributed by atoms with Gasteiger partial charge in [0.1, 0.15) is 78.5 Å². The summed E-state index contributed by atoms with van der Waals surface area (Å²) in [6.07, 6.45) is -3.88. The number of hydrogen-bond donors (Lipinski definition) is 28. The van der Waals surface area contributed by atoms with Gasteiger partial charge in [-0.3, -0.25) is 92.3 Å². The third kappa shape index (κ3) is 38.2. The normalized spacial score (nSPS) is 14.8. The van der Waals surface area contributed by atoms with E-state index in [0.717, 1.165) is 13.8 Å². The molecule has 3 rings (SSSR count). The summed E-state index contributed by atoms with van der Waals surface area (Å²) < 4.78 is 0. The number of primary amides is 3. The number of rotatable bonds is 57. The molecule has 0 unspecified atom stereocenters. The number of nitrogens with two attached hydrogens (primary N) is 6. The summed E-state index contributed by atoms with van der Waals surface area (Å²) in [6.45, 7) is 7.84. The number of benzene rings is 2. The van der Waals surface area contributed by atoms with Crippen molar-refractivity contribution in [2.75, 3.05) is 31.7 Å². The minimum absolute atomic E-state index is 0.0000470. The second-order valence-corrected chi connectivity index (χ2v) is 30.8. The number of aliphatic hydroxyl groups excluding tert-OH is 2. The highest BCUT2D eigenvalue weighted by atomic mass is 32.2. The highest BCUT2D eigenvalue weighted by Crippen LogP contribution is 2.21. The van der Waals surface area contributed by atoms with Crippen molar-refractivity contribution < 1.29 is 107 Å². The van der Waals surface area contributed by atoms with Crippen molar-refractivity contribution in [3.05, 3.63) is 71.9 Å². The van der Waals surface area contributed by atoms with Crippen LogP contribution in [0.4, 0.5) is 0 Å². The number of aliphatic hydroxyl groups is 2. The molecule has 1 aromatic heterocycles. The van der Waals surface area contributed by atoms with Gasteiger partial charge in [-0.2, -0.15) is 11.8 Å². The first-order valence-electron chi connectivity index (χ1n) is 39.4. The van der Waals surface area contributed by atoms with Crippen LogP contribution in [0.1, 0.15) is 130 Å². The summed E-state index contributed by atoms with van der Waals surface area (Å²) in [6, 6.07) is -8.72. The number of para-hydroxylation sites is 1. The van der Waals surface area contributed by atoms with E-state index in [9.17, 15) is 102 Å². The highest BCUT2D eigenvalue weighted by Gasteiger charge is 2.40. The van der Waals surface area contributed by atoms with Gasteiger partial charge in [0.05, 0.1) is 25.6 Å². The predicted octanol–water partition coefficient (Wildman–Crippen LogP) is -8.08. The number of nitrogens with one attached hydrogen (secondary N) is 18. The van der Waals surface area contributed by atoms with Crippen LogP contribution in [0.5, 0.6) is 0 Å². The number of H-pyrrole nitrogens is 1. The lowest BCUT2D eigenvalue weighted by Gasteiger charge is -2.29. The third-order valence-electron chi connectivity index (χ3n) is 18.7. The molecule has 0 aliphatic carbocycles. The lowest BCUT2D eigenvalue weighted by Crippen LogP contribution is -2.62. The van der Waals surface area contributed by atoms with Crippen LogP contribution in [0, 0.1) is 22.7 Å². The minimum Gasteiger partial charge on any atom is -0.481 e. The Hall–Kier alpha value is -12.8. The Morgan fingerprint density at radius 2 is 0.837 bits per heavy atom. The maximum Gasteiger partial charge on any atom is 0.328 e. The highest BCUT2D eigenvalue weighted by molar-refractivity contribution is 7.98. The molecule has 0 saturated carbocycles. The fourth-order valence-electron chi connectivity index (χ4n) is 12.1. The molecule has 46 nitrogen and oxygen atoms in total. The van der Waals surface area contributed by atoms with Gasteiger partial charge in [0, 0.05) is 55.9 Å². The van der Waals surface area contributed by atoms with Crippen LogP contribution in [0.2, 0.25) is 0 Å². The number of thioether (sulfide) groups is 1. The summed E-state index contributed by atoms with van der Waals surface area (Å²) in [7, 11) is 0. The van der Waals surface area contributed by atoms with Crippen molar-refractivity contribution >= 4 is 141 Å². The van der Waals surface area contributed by atoms with Crippen LogP contribution in [-0.4, -0.2) is 266 Å². The Balaban J connectivity index is 2.03. The van der Waals surface area contributed by atoms with Gasteiger partial charge in [-0.15, -0.1) is 0 Å². The van der Waals surface area contributed by atoms with Crippen LogP contribution in [0.3, 0.4) is 0 Å². The number of fused-ring (bicyclic) bond motifs is 1. The van der Waals surface area contributed by atoms with E-state index in [-0.39, 0.29) is 69.7 Å². The first-order chi connectivity index (χ1) is 57.9. The van der Waals surface area contributed by atoms with Crippen molar-refractivity contribution in [2.24, 2.45) is 46.2 Å². The Morgan fingerprint density at radius 3 is 1.31 bits per heavy atom. The number of carboxylic acids is 2. The van der Waals surface area contributed by atoms with Crippen LogP contribution in [0.25, 0.3) is 10.9 Å². The van der Waals surface area contributed by atoms with Gasteiger partial charge < -0.3 is 140 Å². The smallest absolute Gasteiger partial charge is 0.328 e. The number of guanidine groups is 2. The SMILES string of the molecule is CSCC[C@H](NC(=O)[C@H](CC(C)C)NC(=O)[C@H](Cc1c[nH]c2ccccc12)NC(=O)[C@H](CCC(N)=O)NC(=O)[C@@H](NC(=O)[C@H](Cc1ccccc1)NC(=O)[C@H](CC(=O)O)NC(=O)[C@H](CCC(N)=O)NC(=O)[C@H](C)NC(=O)[C@H](CCCNC(=N)N)NC(=O)[C@H](CCCNC(=N)N)NC(=O)[C@@H](N)CO)C(C)C)C(=O)N[C@@H](CC(N)=O)C(=O)N[C@H](C(=O)O)[C@@H](C)O. The van der Waals surface area contributed by atoms with Crippen molar-refractivity contribution in [1.29, 1.82) is 10.8 Å². The number of carbonyl (C=O) groups excluding carboxylic acids is 16. The Morgan fingerprint density at radius 1 is 0.439 bits per heavy atom. The van der Waals surface area contributed by atoms with E-state index in [1.165, 1.54) is 25.6 Å². The molecule has 0 aliphatic rings. The molecule has 1 heterocycles. The standard InChI is InChI=1S/C76H118N24O22S/c1-36(2)29-50(68(115)92-49(25-28-123-7)67(114)97-53(32-57(80)105)72(119)100-60(39(6)102)74(121)122)94-69(116)52(31-41-34-87-44-18-12-11-17-42(41)44)96-66(113)48(22-24-56(79)104)93-73(120)59(37(3)4)99-71(118)51(30-40-15-9-8-10-16-40)95-70(117)54(33-58(106)107)98-65(112)47(21-23-55(78)103)89-61(108)38(5)88-63(110)45(19-13-26-85-75(81)82)91-64(111)46(20-14-27-86-76(83)84)90-62(109)43(77)35-101/h8-12,15-18,34,36-39,43,45-54,59-60,87,101-102H,13-14,19-33,35,77H2,1-7H3,(H2,78,103)(H2,79,104)(H2,80,105)(H,88,110)(H,89,108)(H,90,109)(H,91,111)(H,92,115)(H,93,120)(H,94,116)(H,95,117)(H,96,113)(H,97,114)(H,98,112)(H,99,118)(H,100,119)(H,106,107)(H,121,122)(H4,81,82,85)(H4,83,84,86)/t38-,39+,43-,45-,46-,47-,48-,49-,50-,51-,52-,53-,54-,59-,60-/m0/s1. The maximum absolute atomic E-state index is 15.0. The van der Waals surface area contributed by atoms with Gasteiger partial charge in [-0.1, -0.05) is 76.2 Å². The quantitative estimate of drug-likeness (QED) is 0.0142. The molecule has 680 valence electrons. The zero-order valence-electron chi connectivity index (χ0n) is 69.3. The molecule has 2 aromatic carbocycles. The summed E-state index contributed by atoms with van der Waals surface area (Å²) in [5.41, 5.74) is 34.3. The van der Waals surface area contributed by atoms with Crippen molar-refractivity contribution in [3.8, 4) is 0 Å². The zero-order chi connectivity index (χ0) is 92.5. The Bertz CT molecular complexity index is 4190. The number of carboxylic acid groups (broad SMARTS) is 2. The van der Waals surface area contributed by atoms with E-state index < -0.39 is 267 Å². The van der Waals surface area contributed by atoms with Crippen LogP contribution in [0.15, 0.2) is 60.8 Å². The molecule has 0 saturated heterocycles. The van der Waals surface area contributed by atoms with Crippen LogP contribution in [-0.2, 0) is 99.1 Å². The second-order valence-electron chi connectivity index (χ2n) is 29.8. The van der Waals surface area contributed by atoms with Gasteiger partial charge in [0.2, 0.25) is 94.5 Å². The molecular formula is C76H118N24O22S. The summed E-state index contributed by atoms with van der Waals surface area (Å²) >= 11 is 1.25. The molecule has 0 spiro atoms. The number of aromatic nitrogens is 1. The molecule has 47 heteroatoms. The van der Waals surface area contributed by atoms with E-state index in [1.54, 1.807) is 80.9 Å². The molecule has 0 radical (unpaired) electrons.